The monoisotopic (exact) mass is 486 g/mol. The Morgan fingerprint density at radius 1 is 1.06 bits per heavy atom. The fourth-order valence-electron chi connectivity index (χ4n) is 3.27. The van der Waals surface area contributed by atoms with Crippen LogP contribution in [0.15, 0.2) is 77.7 Å². The maximum atomic E-state index is 13.6. The second kappa shape index (κ2) is 10.4. The minimum atomic E-state index is -4.06. The van der Waals surface area contributed by atoms with Crippen LogP contribution in [0.2, 0.25) is 0 Å². The first-order valence-electron chi connectivity index (χ1n) is 10.1. The summed E-state index contributed by atoms with van der Waals surface area (Å²) in [5.41, 5.74) is 0.865. The number of nitrogens with zero attached hydrogens (tertiary/aromatic N) is 2. The summed E-state index contributed by atoms with van der Waals surface area (Å²) >= 11 is 0. The zero-order chi connectivity index (χ0) is 24.9. The predicted molar refractivity (Wildman–Crippen MR) is 126 cm³/mol. The molecular formula is C23H23FN4O5S. The molecule has 34 heavy (non-hydrogen) atoms. The van der Waals surface area contributed by atoms with Gasteiger partial charge in [-0.3, -0.25) is 19.6 Å². The van der Waals surface area contributed by atoms with Crippen molar-refractivity contribution < 1.29 is 22.5 Å². The van der Waals surface area contributed by atoms with Gasteiger partial charge >= 0.3 is 0 Å². The highest BCUT2D eigenvalue weighted by atomic mass is 32.2. The van der Waals surface area contributed by atoms with E-state index in [1.165, 1.54) is 54.6 Å². The third-order valence-electron chi connectivity index (χ3n) is 5.05. The van der Waals surface area contributed by atoms with Gasteiger partial charge in [0.05, 0.1) is 15.9 Å². The topological polar surface area (TPSA) is 122 Å². The van der Waals surface area contributed by atoms with E-state index in [0.29, 0.717) is 5.56 Å². The van der Waals surface area contributed by atoms with Gasteiger partial charge in [-0.1, -0.05) is 18.2 Å². The predicted octanol–water partition coefficient (Wildman–Crippen LogP) is 3.57. The average Bonchev–Trinajstić information content (AvgIpc) is 2.79. The number of halogens is 1. The van der Waals surface area contributed by atoms with Gasteiger partial charge in [-0.05, 0) is 62.1 Å². The number of hydrogen-bond donors (Lipinski definition) is 2. The summed E-state index contributed by atoms with van der Waals surface area (Å²) in [7, 11) is -0.412. The van der Waals surface area contributed by atoms with Crippen LogP contribution in [0.4, 0.5) is 15.8 Å². The number of nitro groups is 1. The molecule has 2 N–H and O–H groups in total. The van der Waals surface area contributed by atoms with Crippen molar-refractivity contribution in [2.24, 2.45) is 0 Å². The molecule has 1 atom stereocenters. The molecule has 0 aromatic heterocycles. The van der Waals surface area contributed by atoms with Crippen LogP contribution in [0.3, 0.4) is 0 Å². The third kappa shape index (κ3) is 6.15. The second-order valence-electron chi connectivity index (χ2n) is 7.68. The van der Waals surface area contributed by atoms with Crippen molar-refractivity contribution in [3.05, 3.63) is 99.9 Å². The van der Waals surface area contributed by atoms with E-state index in [4.69, 9.17) is 0 Å². The van der Waals surface area contributed by atoms with Gasteiger partial charge in [-0.15, -0.1) is 0 Å². The summed E-state index contributed by atoms with van der Waals surface area (Å²) in [6, 6.07) is 16.3. The number of nitro benzene ring substituents is 1. The van der Waals surface area contributed by atoms with Crippen molar-refractivity contribution in [3.63, 3.8) is 0 Å². The number of rotatable bonds is 9. The van der Waals surface area contributed by atoms with E-state index in [1.54, 1.807) is 12.1 Å². The molecular weight excluding hydrogens is 463 g/mol. The lowest BCUT2D eigenvalue weighted by atomic mass is 10.1. The number of sulfonamides is 1. The van der Waals surface area contributed by atoms with Crippen molar-refractivity contribution >= 4 is 27.3 Å². The van der Waals surface area contributed by atoms with Crippen LogP contribution in [0.5, 0.6) is 0 Å². The van der Waals surface area contributed by atoms with Crippen molar-refractivity contribution in [1.29, 1.82) is 0 Å². The molecule has 0 fully saturated rings. The maximum Gasteiger partial charge on any atom is 0.270 e. The first kappa shape index (κ1) is 24.8. The lowest BCUT2D eigenvalue weighted by molar-refractivity contribution is -0.385. The summed E-state index contributed by atoms with van der Waals surface area (Å²) < 4.78 is 41.0. The largest absolute Gasteiger partial charge is 0.350 e. The van der Waals surface area contributed by atoms with Crippen LogP contribution in [0.1, 0.15) is 22.0 Å². The first-order valence-corrected chi connectivity index (χ1v) is 11.6. The van der Waals surface area contributed by atoms with Crippen LogP contribution in [0.25, 0.3) is 0 Å². The molecule has 9 nitrogen and oxygen atoms in total. The summed E-state index contributed by atoms with van der Waals surface area (Å²) in [6.45, 7) is 0.233. The molecule has 3 aromatic rings. The fraction of sp³-hybridized carbons (Fsp3) is 0.174. The van der Waals surface area contributed by atoms with E-state index >= 15 is 0 Å². The van der Waals surface area contributed by atoms with Gasteiger partial charge in [0.15, 0.2) is 0 Å². The van der Waals surface area contributed by atoms with E-state index in [1.807, 2.05) is 19.0 Å². The molecule has 0 aliphatic rings. The number of amides is 1. The Kier molecular flexibility index (Phi) is 7.59. The maximum absolute atomic E-state index is 13.6. The summed E-state index contributed by atoms with van der Waals surface area (Å²) in [5.74, 6) is -0.741. The quantitative estimate of drug-likeness (QED) is 0.352. The first-order chi connectivity index (χ1) is 16.1. The van der Waals surface area contributed by atoms with Gasteiger partial charge in [0.2, 0.25) is 0 Å². The van der Waals surface area contributed by atoms with E-state index in [2.05, 4.69) is 10.0 Å². The number of nitrogens with one attached hydrogen (secondary N) is 2. The number of benzene rings is 3. The minimum absolute atomic E-state index is 0.189. The van der Waals surface area contributed by atoms with Gasteiger partial charge in [0.1, 0.15) is 5.82 Å². The standard InChI is InChI=1S/C23H23FN4O5S/c1-27(2)22(17-5-3-6-18(24)13-17)15-25-23(29)16-9-11-19(12-10-16)26-34(32,33)21-8-4-7-20(14-21)28(30)31/h3-14,22,26H,15H2,1-2H3,(H,25,29). The zero-order valence-corrected chi connectivity index (χ0v) is 19.3. The smallest absolute Gasteiger partial charge is 0.270 e. The van der Waals surface area contributed by atoms with Crippen molar-refractivity contribution in [2.75, 3.05) is 25.4 Å². The van der Waals surface area contributed by atoms with E-state index in [0.717, 1.165) is 11.6 Å². The van der Waals surface area contributed by atoms with Gasteiger partial charge < -0.3 is 10.2 Å². The zero-order valence-electron chi connectivity index (χ0n) is 18.4. The van der Waals surface area contributed by atoms with Crippen LogP contribution in [-0.4, -0.2) is 44.8 Å². The molecule has 0 saturated carbocycles. The number of anilines is 1. The third-order valence-corrected chi connectivity index (χ3v) is 6.43. The van der Waals surface area contributed by atoms with E-state index in [-0.39, 0.29) is 40.6 Å². The van der Waals surface area contributed by atoms with Crippen LogP contribution < -0.4 is 10.0 Å². The molecule has 3 aromatic carbocycles. The van der Waals surface area contributed by atoms with Crippen molar-refractivity contribution in [3.8, 4) is 0 Å². The van der Waals surface area contributed by atoms with Crippen molar-refractivity contribution in [2.45, 2.75) is 10.9 Å². The molecule has 0 spiro atoms. The molecule has 0 radical (unpaired) electrons. The number of likely N-dealkylation sites (N-methyl/N-ethyl adjacent to an activating group) is 1. The number of hydrogen-bond acceptors (Lipinski definition) is 6. The highest BCUT2D eigenvalue weighted by molar-refractivity contribution is 7.92. The number of non-ortho nitro benzene ring substituents is 1. The molecule has 1 unspecified atom stereocenters. The Balaban J connectivity index is 1.67. The lowest BCUT2D eigenvalue weighted by Gasteiger charge is -2.25. The van der Waals surface area contributed by atoms with E-state index < -0.39 is 14.9 Å². The fourth-order valence-corrected chi connectivity index (χ4v) is 4.37. The normalized spacial score (nSPS) is 12.2. The molecule has 0 saturated heterocycles. The van der Waals surface area contributed by atoms with Crippen LogP contribution in [0, 0.1) is 15.9 Å². The second-order valence-corrected chi connectivity index (χ2v) is 9.36. The number of carbonyl (C=O) groups is 1. The number of carbonyl (C=O) groups excluding carboxylic acids is 1. The molecule has 0 heterocycles. The summed E-state index contributed by atoms with van der Waals surface area (Å²) in [5, 5.41) is 13.7. The highest BCUT2D eigenvalue weighted by Gasteiger charge is 2.19. The Bertz CT molecular complexity index is 1300. The van der Waals surface area contributed by atoms with Gasteiger partial charge in [0.25, 0.3) is 21.6 Å². The van der Waals surface area contributed by atoms with Gasteiger partial charge in [-0.2, -0.15) is 0 Å². The molecule has 178 valence electrons. The molecule has 11 heteroatoms. The Morgan fingerprint density at radius 2 is 1.74 bits per heavy atom. The van der Waals surface area contributed by atoms with Crippen molar-refractivity contribution in [1.82, 2.24) is 10.2 Å². The Morgan fingerprint density at radius 3 is 2.35 bits per heavy atom. The lowest BCUT2D eigenvalue weighted by Crippen LogP contribution is -2.34. The molecule has 1 amide bonds. The van der Waals surface area contributed by atoms with Gasteiger partial charge in [-0.25, -0.2) is 12.8 Å². The summed E-state index contributed by atoms with van der Waals surface area (Å²) in [4.78, 5) is 24.4. The van der Waals surface area contributed by atoms with E-state index in [9.17, 15) is 27.7 Å². The SMILES string of the molecule is CN(C)C(CNC(=O)c1ccc(NS(=O)(=O)c2cccc([N+](=O)[O-])c2)cc1)c1cccc(F)c1. The summed E-state index contributed by atoms with van der Waals surface area (Å²) in [6.07, 6.45) is 0. The van der Waals surface area contributed by atoms with Crippen LogP contribution in [-0.2, 0) is 10.0 Å². The molecule has 0 aliphatic carbocycles. The minimum Gasteiger partial charge on any atom is -0.350 e. The Labute approximate surface area is 196 Å². The molecule has 3 rings (SSSR count). The Hall–Kier alpha value is -3.83. The molecule has 0 aliphatic heterocycles. The average molecular weight is 487 g/mol. The van der Waals surface area contributed by atoms with Gasteiger partial charge in [0, 0.05) is 29.9 Å². The molecule has 0 bridgehead atoms. The highest BCUT2D eigenvalue weighted by Crippen LogP contribution is 2.21. The van der Waals surface area contributed by atoms with Crippen LogP contribution >= 0.6 is 0 Å².